The van der Waals surface area contributed by atoms with Crippen molar-refractivity contribution in [2.75, 3.05) is 19.7 Å². The van der Waals surface area contributed by atoms with Gasteiger partial charge in [0.1, 0.15) is 0 Å². The molecule has 9 heteroatoms. The SMILES string of the molecule is CCOC(=O)c1nc(-c2cc(C(N)=O)c(C)n2CCCN2CCCC2=O)cs1. The molecular weight excluding hydrogens is 380 g/mol. The van der Waals surface area contributed by atoms with Crippen molar-refractivity contribution in [2.24, 2.45) is 5.73 Å². The topological polar surface area (TPSA) is 108 Å². The number of ether oxygens (including phenoxy) is 1. The van der Waals surface area contributed by atoms with Crippen LogP contribution < -0.4 is 5.73 Å². The number of amides is 2. The van der Waals surface area contributed by atoms with Gasteiger partial charge >= 0.3 is 5.97 Å². The van der Waals surface area contributed by atoms with Crippen molar-refractivity contribution >= 4 is 29.1 Å². The minimum absolute atomic E-state index is 0.195. The molecule has 0 unspecified atom stereocenters. The summed E-state index contributed by atoms with van der Waals surface area (Å²) in [5.41, 5.74) is 8.02. The fourth-order valence-electron chi connectivity index (χ4n) is 3.43. The average Bonchev–Trinajstić information content (AvgIpc) is 3.36. The van der Waals surface area contributed by atoms with Gasteiger partial charge in [-0.25, -0.2) is 9.78 Å². The lowest BCUT2D eigenvalue weighted by Gasteiger charge is -2.17. The summed E-state index contributed by atoms with van der Waals surface area (Å²) in [6, 6.07) is 1.71. The zero-order chi connectivity index (χ0) is 20.3. The van der Waals surface area contributed by atoms with Crippen LogP contribution in [0.4, 0.5) is 0 Å². The van der Waals surface area contributed by atoms with E-state index in [1.165, 1.54) is 11.3 Å². The summed E-state index contributed by atoms with van der Waals surface area (Å²) in [5, 5.41) is 2.04. The van der Waals surface area contributed by atoms with Gasteiger partial charge in [0.05, 0.1) is 23.6 Å². The molecule has 3 heterocycles. The van der Waals surface area contributed by atoms with E-state index in [1.807, 2.05) is 16.4 Å². The van der Waals surface area contributed by atoms with Crippen LogP contribution in [0.25, 0.3) is 11.4 Å². The first-order chi connectivity index (χ1) is 13.4. The molecule has 0 atom stereocenters. The summed E-state index contributed by atoms with van der Waals surface area (Å²) in [5.74, 6) is -0.773. The molecule has 0 aliphatic carbocycles. The Hall–Kier alpha value is -2.68. The van der Waals surface area contributed by atoms with Gasteiger partial charge in [0.25, 0.3) is 5.91 Å². The molecule has 0 radical (unpaired) electrons. The van der Waals surface area contributed by atoms with Crippen LogP contribution in [0.3, 0.4) is 0 Å². The highest BCUT2D eigenvalue weighted by Crippen LogP contribution is 2.28. The molecule has 1 saturated heterocycles. The number of nitrogens with two attached hydrogens (primary N) is 1. The second kappa shape index (κ2) is 8.55. The largest absolute Gasteiger partial charge is 0.461 e. The normalized spacial score (nSPS) is 13.9. The molecule has 0 aromatic carbocycles. The van der Waals surface area contributed by atoms with Crippen LogP contribution in [0.15, 0.2) is 11.4 Å². The number of hydrogen-bond acceptors (Lipinski definition) is 6. The van der Waals surface area contributed by atoms with Gasteiger partial charge in [-0.15, -0.1) is 11.3 Å². The number of esters is 1. The van der Waals surface area contributed by atoms with Gasteiger partial charge in [0.2, 0.25) is 10.9 Å². The Kier molecular flexibility index (Phi) is 6.13. The van der Waals surface area contributed by atoms with Crippen molar-refractivity contribution in [3.05, 3.63) is 27.7 Å². The Labute approximate surface area is 167 Å². The molecule has 2 N–H and O–H groups in total. The molecule has 0 bridgehead atoms. The predicted octanol–water partition coefficient (Wildman–Crippen LogP) is 2.21. The zero-order valence-corrected chi connectivity index (χ0v) is 16.9. The number of nitrogens with zero attached hydrogens (tertiary/aromatic N) is 3. The van der Waals surface area contributed by atoms with Gasteiger partial charge in [-0.2, -0.15) is 0 Å². The molecule has 0 saturated carbocycles. The molecule has 2 aromatic rings. The van der Waals surface area contributed by atoms with Crippen LogP contribution >= 0.6 is 11.3 Å². The lowest BCUT2D eigenvalue weighted by Crippen LogP contribution is -2.26. The highest BCUT2D eigenvalue weighted by molar-refractivity contribution is 7.11. The van der Waals surface area contributed by atoms with Crippen LogP contribution in [0.2, 0.25) is 0 Å². The zero-order valence-electron chi connectivity index (χ0n) is 16.1. The maximum absolute atomic E-state index is 11.9. The van der Waals surface area contributed by atoms with Gasteiger partial charge in [0.15, 0.2) is 0 Å². The Morgan fingerprint density at radius 3 is 2.79 bits per heavy atom. The van der Waals surface area contributed by atoms with E-state index in [1.54, 1.807) is 18.4 Å². The number of rotatable bonds is 8. The molecule has 3 rings (SSSR count). The third-order valence-corrected chi connectivity index (χ3v) is 5.65. The third kappa shape index (κ3) is 4.09. The number of primary amides is 1. The fraction of sp³-hybridized carbons (Fsp3) is 0.474. The quantitative estimate of drug-likeness (QED) is 0.679. The van der Waals surface area contributed by atoms with E-state index >= 15 is 0 Å². The maximum atomic E-state index is 11.9. The summed E-state index contributed by atoms with van der Waals surface area (Å²) < 4.78 is 6.97. The van der Waals surface area contributed by atoms with Crippen LogP contribution in [0.5, 0.6) is 0 Å². The van der Waals surface area contributed by atoms with Gasteiger partial charge < -0.3 is 19.9 Å². The van der Waals surface area contributed by atoms with Gasteiger partial charge in [-0.1, -0.05) is 0 Å². The van der Waals surface area contributed by atoms with E-state index < -0.39 is 11.9 Å². The maximum Gasteiger partial charge on any atom is 0.367 e. The average molecular weight is 404 g/mol. The number of carbonyl (C=O) groups excluding carboxylic acids is 3. The first-order valence-corrected chi connectivity index (χ1v) is 10.2. The van der Waals surface area contributed by atoms with Crippen molar-refractivity contribution in [3.8, 4) is 11.4 Å². The Morgan fingerprint density at radius 1 is 1.36 bits per heavy atom. The van der Waals surface area contributed by atoms with E-state index in [0.29, 0.717) is 30.8 Å². The number of aromatic nitrogens is 2. The number of hydrogen-bond donors (Lipinski definition) is 1. The minimum atomic E-state index is -0.506. The standard InChI is InChI=1S/C19H24N4O4S/c1-3-27-19(26)18-21-14(11-28-18)15-10-13(17(20)25)12(2)23(15)9-5-8-22-7-4-6-16(22)24/h10-11H,3-9H2,1-2H3,(H2,20,25). The van der Waals surface area contributed by atoms with Crippen LogP contribution in [0.1, 0.15) is 52.0 Å². The molecule has 2 amide bonds. The molecule has 150 valence electrons. The van der Waals surface area contributed by atoms with E-state index in [-0.39, 0.29) is 17.5 Å². The van der Waals surface area contributed by atoms with Crippen molar-refractivity contribution in [1.82, 2.24) is 14.5 Å². The van der Waals surface area contributed by atoms with Crippen LogP contribution in [-0.2, 0) is 16.1 Å². The van der Waals surface area contributed by atoms with Crippen molar-refractivity contribution in [3.63, 3.8) is 0 Å². The molecule has 0 spiro atoms. The van der Waals surface area contributed by atoms with Gasteiger partial charge in [-0.3, -0.25) is 9.59 Å². The second-order valence-electron chi connectivity index (χ2n) is 6.64. The Morgan fingerprint density at radius 2 is 2.14 bits per heavy atom. The number of thiazole rings is 1. The molecule has 1 aliphatic rings. The Bertz CT molecular complexity index is 902. The van der Waals surface area contributed by atoms with Crippen molar-refractivity contribution < 1.29 is 19.1 Å². The van der Waals surface area contributed by atoms with E-state index in [9.17, 15) is 14.4 Å². The molecule has 2 aromatic heterocycles. The van der Waals surface area contributed by atoms with E-state index in [2.05, 4.69) is 4.98 Å². The first-order valence-electron chi connectivity index (χ1n) is 9.33. The highest BCUT2D eigenvalue weighted by Gasteiger charge is 2.22. The summed E-state index contributed by atoms with van der Waals surface area (Å²) >= 11 is 1.20. The van der Waals surface area contributed by atoms with Gasteiger partial charge in [-0.05, 0) is 32.8 Å². The van der Waals surface area contributed by atoms with Crippen molar-refractivity contribution in [1.29, 1.82) is 0 Å². The Balaban J connectivity index is 1.83. The number of carbonyl (C=O) groups is 3. The summed E-state index contributed by atoms with van der Waals surface area (Å²) in [7, 11) is 0. The smallest absolute Gasteiger partial charge is 0.367 e. The van der Waals surface area contributed by atoms with Gasteiger partial charge in [0, 0.05) is 37.1 Å². The van der Waals surface area contributed by atoms with Crippen LogP contribution in [-0.4, -0.2) is 51.9 Å². The van der Waals surface area contributed by atoms with Crippen LogP contribution in [0, 0.1) is 6.92 Å². The monoisotopic (exact) mass is 404 g/mol. The summed E-state index contributed by atoms with van der Waals surface area (Å²) in [6.45, 7) is 5.95. The summed E-state index contributed by atoms with van der Waals surface area (Å²) in [4.78, 5) is 41.8. The minimum Gasteiger partial charge on any atom is -0.461 e. The highest BCUT2D eigenvalue weighted by atomic mass is 32.1. The molecule has 28 heavy (non-hydrogen) atoms. The van der Waals surface area contributed by atoms with E-state index in [4.69, 9.17) is 10.5 Å². The van der Waals surface area contributed by atoms with Crippen molar-refractivity contribution in [2.45, 2.75) is 39.7 Å². The lowest BCUT2D eigenvalue weighted by atomic mass is 10.2. The second-order valence-corrected chi connectivity index (χ2v) is 7.50. The third-order valence-electron chi connectivity index (χ3n) is 4.83. The molecular formula is C19H24N4O4S. The summed E-state index contributed by atoms with van der Waals surface area (Å²) in [6.07, 6.45) is 2.28. The molecule has 1 aliphatic heterocycles. The first kappa shape index (κ1) is 20.1. The fourth-order valence-corrected chi connectivity index (χ4v) is 4.14. The molecule has 8 nitrogen and oxygen atoms in total. The number of likely N-dealkylation sites (tertiary alicyclic amines) is 1. The molecule has 1 fully saturated rings. The lowest BCUT2D eigenvalue weighted by molar-refractivity contribution is -0.127. The van der Waals surface area contributed by atoms with E-state index in [0.717, 1.165) is 30.8 Å². The predicted molar refractivity (Wildman–Crippen MR) is 105 cm³/mol.